The number of carbonyl (C=O) groups excluding carboxylic acids is 1. The van der Waals surface area contributed by atoms with Crippen LogP contribution in [0.5, 0.6) is 17.2 Å². The van der Waals surface area contributed by atoms with Crippen molar-refractivity contribution in [3.63, 3.8) is 0 Å². The quantitative estimate of drug-likeness (QED) is 0.337. The highest BCUT2D eigenvalue weighted by atomic mass is 32.2. The largest absolute Gasteiger partial charge is 0.495 e. The molecule has 0 atom stereocenters. The molecule has 0 radical (unpaired) electrons. The summed E-state index contributed by atoms with van der Waals surface area (Å²) in [6.45, 7) is 0.111. The molecule has 4 aromatic carbocycles. The molecule has 0 aliphatic carbocycles. The topological polar surface area (TPSA) is 93.7 Å². The molecule has 0 bridgehead atoms. The van der Waals surface area contributed by atoms with E-state index in [2.05, 4.69) is 10.0 Å². The fourth-order valence-electron chi connectivity index (χ4n) is 3.31. The number of sulfonamides is 1. The molecule has 0 heterocycles. The lowest BCUT2D eigenvalue weighted by Gasteiger charge is -2.13. The van der Waals surface area contributed by atoms with Gasteiger partial charge in [0.1, 0.15) is 22.1 Å². The fraction of sp³-hybridized carbons (Fsp3) is 0.0741. The lowest BCUT2D eigenvalue weighted by atomic mass is 10.2. The lowest BCUT2D eigenvalue weighted by molar-refractivity contribution is 0.102. The van der Waals surface area contributed by atoms with Crippen molar-refractivity contribution >= 4 is 21.6 Å². The number of methoxy groups -OCH3 is 1. The minimum atomic E-state index is -3.94. The van der Waals surface area contributed by atoms with E-state index in [1.807, 2.05) is 60.7 Å². The number of rotatable bonds is 9. The predicted octanol–water partition coefficient (Wildman–Crippen LogP) is 5.22. The minimum Gasteiger partial charge on any atom is -0.495 e. The number of hydrogen-bond acceptors (Lipinski definition) is 5. The number of nitrogens with one attached hydrogen (secondary N) is 2. The summed E-state index contributed by atoms with van der Waals surface area (Å²) in [4.78, 5) is 12.7. The van der Waals surface area contributed by atoms with Crippen LogP contribution in [0.1, 0.15) is 15.9 Å². The highest BCUT2D eigenvalue weighted by Gasteiger charge is 2.21. The maximum atomic E-state index is 13.0. The molecule has 0 aliphatic heterocycles. The van der Waals surface area contributed by atoms with Crippen molar-refractivity contribution in [1.82, 2.24) is 4.72 Å². The van der Waals surface area contributed by atoms with Crippen molar-refractivity contribution in [3.8, 4) is 17.2 Å². The van der Waals surface area contributed by atoms with Gasteiger partial charge in [0.2, 0.25) is 10.0 Å². The number of benzene rings is 4. The third-order valence-electron chi connectivity index (χ3n) is 5.12. The van der Waals surface area contributed by atoms with Gasteiger partial charge in [-0.05, 0) is 60.2 Å². The average Bonchev–Trinajstić information content (AvgIpc) is 2.89. The normalized spacial score (nSPS) is 11.0. The predicted molar refractivity (Wildman–Crippen MR) is 134 cm³/mol. The standard InChI is InChI=1S/C27H24N2O5S/c1-33-25-17-12-21(18-26(25)35(31,32)28-19-20-8-4-2-5-9-20)27(30)29-22-13-15-24(16-14-22)34-23-10-6-3-7-11-23/h2-18,28H,19H2,1H3,(H,29,30). The highest BCUT2D eigenvalue weighted by Crippen LogP contribution is 2.26. The van der Waals surface area contributed by atoms with Gasteiger partial charge in [-0.25, -0.2) is 13.1 Å². The molecule has 8 heteroatoms. The molecule has 0 unspecified atom stereocenters. The second kappa shape index (κ2) is 10.9. The van der Waals surface area contributed by atoms with Crippen LogP contribution >= 0.6 is 0 Å². The van der Waals surface area contributed by atoms with E-state index in [1.165, 1.54) is 25.3 Å². The summed E-state index contributed by atoms with van der Waals surface area (Å²) in [5, 5.41) is 2.77. The van der Waals surface area contributed by atoms with E-state index in [9.17, 15) is 13.2 Å². The molecular weight excluding hydrogens is 464 g/mol. The molecule has 0 fully saturated rings. The van der Waals surface area contributed by atoms with Gasteiger partial charge in [-0.15, -0.1) is 0 Å². The zero-order valence-electron chi connectivity index (χ0n) is 19.0. The molecule has 0 saturated carbocycles. The monoisotopic (exact) mass is 488 g/mol. The van der Waals surface area contributed by atoms with Gasteiger partial charge < -0.3 is 14.8 Å². The summed E-state index contributed by atoms with van der Waals surface area (Å²) in [6.07, 6.45) is 0. The van der Waals surface area contributed by atoms with Crippen molar-refractivity contribution in [1.29, 1.82) is 0 Å². The molecule has 35 heavy (non-hydrogen) atoms. The van der Waals surface area contributed by atoms with Crippen molar-refractivity contribution in [3.05, 3.63) is 114 Å². The molecule has 0 aromatic heterocycles. The van der Waals surface area contributed by atoms with Gasteiger partial charge in [0, 0.05) is 17.8 Å². The molecular formula is C27H24N2O5S. The molecule has 4 rings (SSSR count). The van der Waals surface area contributed by atoms with Crippen molar-refractivity contribution in [2.24, 2.45) is 0 Å². The first kappa shape index (κ1) is 24.0. The Kier molecular flexibility index (Phi) is 7.45. The summed E-state index contributed by atoms with van der Waals surface area (Å²) in [7, 11) is -2.56. The summed E-state index contributed by atoms with van der Waals surface area (Å²) in [6, 6.07) is 29.7. The van der Waals surface area contributed by atoms with Crippen LogP contribution in [0.25, 0.3) is 0 Å². The first-order chi connectivity index (χ1) is 16.9. The van der Waals surface area contributed by atoms with Crippen LogP contribution in [0, 0.1) is 0 Å². The number of ether oxygens (including phenoxy) is 2. The first-order valence-electron chi connectivity index (χ1n) is 10.8. The van der Waals surface area contributed by atoms with Gasteiger partial charge in [0.25, 0.3) is 5.91 Å². The Morgan fingerprint density at radius 2 is 1.43 bits per heavy atom. The van der Waals surface area contributed by atoms with Crippen LogP contribution < -0.4 is 19.5 Å². The summed E-state index contributed by atoms with van der Waals surface area (Å²) in [5.41, 5.74) is 1.52. The zero-order valence-corrected chi connectivity index (χ0v) is 19.8. The van der Waals surface area contributed by atoms with E-state index in [0.29, 0.717) is 17.2 Å². The van der Waals surface area contributed by atoms with Gasteiger partial charge in [0.05, 0.1) is 7.11 Å². The summed E-state index contributed by atoms with van der Waals surface area (Å²) >= 11 is 0. The third-order valence-corrected chi connectivity index (χ3v) is 6.54. The molecule has 0 spiro atoms. The Hall–Kier alpha value is -4.14. The van der Waals surface area contributed by atoms with E-state index in [-0.39, 0.29) is 22.8 Å². The Morgan fingerprint density at radius 3 is 2.09 bits per heavy atom. The lowest BCUT2D eigenvalue weighted by Crippen LogP contribution is -2.24. The van der Waals surface area contributed by atoms with Crippen LogP contribution in [0.4, 0.5) is 5.69 Å². The number of hydrogen-bond donors (Lipinski definition) is 2. The molecule has 2 N–H and O–H groups in total. The van der Waals surface area contributed by atoms with Crippen molar-refractivity contribution in [2.45, 2.75) is 11.4 Å². The van der Waals surface area contributed by atoms with Crippen LogP contribution in [0.2, 0.25) is 0 Å². The van der Waals surface area contributed by atoms with E-state index in [1.54, 1.807) is 24.3 Å². The van der Waals surface area contributed by atoms with Gasteiger partial charge in [-0.2, -0.15) is 0 Å². The number of carbonyl (C=O) groups is 1. The Balaban J connectivity index is 1.47. The second-order valence-corrected chi connectivity index (χ2v) is 9.30. The average molecular weight is 489 g/mol. The maximum absolute atomic E-state index is 13.0. The van der Waals surface area contributed by atoms with Crippen LogP contribution in [0.15, 0.2) is 108 Å². The third kappa shape index (κ3) is 6.26. The Bertz CT molecular complexity index is 1390. The first-order valence-corrected chi connectivity index (χ1v) is 12.3. The molecule has 0 saturated heterocycles. The van der Waals surface area contributed by atoms with Gasteiger partial charge >= 0.3 is 0 Å². The maximum Gasteiger partial charge on any atom is 0.255 e. The SMILES string of the molecule is COc1ccc(C(=O)Nc2ccc(Oc3ccccc3)cc2)cc1S(=O)(=O)NCc1ccccc1. The number of amides is 1. The van der Waals surface area contributed by atoms with Gasteiger partial charge in [-0.3, -0.25) is 4.79 Å². The van der Waals surface area contributed by atoms with Gasteiger partial charge in [-0.1, -0.05) is 48.5 Å². The number of anilines is 1. The zero-order chi connectivity index (χ0) is 24.7. The van der Waals surface area contributed by atoms with Crippen LogP contribution in [0.3, 0.4) is 0 Å². The van der Waals surface area contributed by atoms with Gasteiger partial charge in [0.15, 0.2) is 0 Å². The molecule has 4 aromatic rings. The van der Waals surface area contributed by atoms with Crippen molar-refractivity contribution < 1.29 is 22.7 Å². The molecule has 7 nitrogen and oxygen atoms in total. The Morgan fingerprint density at radius 1 is 0.800 bits per heavy atom. The molecule has 1 amide bonds. The molecule has 178 valence electrons. The second-order valence-electron chi connectivity index (χ2n) is 7.57. The van der Waals surface area contributed by atoms with E-state index < -0.39 is 15.9 Å². The summed E-state index contributed by atoms with van der Waals surface area (Å²) in [5.74, 6) is 1.02. The fourth-order valence-corrected chi connectivity index (χ4v) is 4.52. The van der Waals surface area contributed by atoms with E-state index in [0.717, 1.165) is 5.56 Å². The Labute approximate surface area is 204 Å². The summed E-state index contributed by atoms with van der Waals surface area (Å²) < 4.78 is 39.5. The van der Waals surface area contributed by atoms with Crippen molar-refractivity contribution in [2.75, 3.05) is 12.4 Å². The highest BCUT2D eigenvalue weighted by molar-refractivity contribution is 7.89. The van der Waals surface area contributed by atoms with Crippen LogP contribution in [-0.2, 0) is 16.6 Å². The van der Waals surface area contributed by atoms with E-state index >= 15 is 0 Å². The number of para-hydroxylation sites is 1. The van der Waals surface area contributed by atoms with Crippen LogP contribution in [-0.4, -0.2) is 21.4 Å². The minimum absolute atomic E-state index is 0.111. The van der Waals surface area contributed by atoms with E-state index in [4.69, 9.17) is 9.47 Å². The smallest absolute Gasteiger partial charge is 0.255 e. The molecule has 0 aliphatic rings.